The molecule has 0 spiro atoms. The number of hydrogen-bond donors (Lipinski definition) is 1. The van der Waals surface area contributed by atoms with Gasteiger partial charge in [0, 0.05) is 11.3 Å². The lowest BCUT2D eigenvalue weighted by Crippen LogP contribution is -2.29. The molecule has 0 aliphatic carbocycles. The lowest BCUT2D eigenvalue weighted by molar-refractivity contribution is -0.132. The summed E-state index contributed by atoms with van der Waals surface area (Å²) in [5, 5.41) is 11.2. The first-order valence-corrected chi connectivity index (χ1v) is 10.8. The number of anilines is 1. The molecular weight excluding hydrogens is 437 g/mol. The summed E-state index contributed by atoms with van der Waals surface area (Å²) < 4.78 is 24.2. The van der Waals surface area contributed by atoms with E-state index in [0.29, 0.717) is 22.7 Å². The van der Waals surface area contributed by atoms with Crippen LogP contribution in [0.2, 0.25) is 0 Å². The van der Waals surface area contributed by atoms with Crippen LogP contribution in [0.4, 0.5) is 10.1 Å². The predicted molar refractivity (Wildman–Crippen MR) is 127 cm³/mol. The molecule has 0 saturated carbocycles. The van der Waals surface area contributed by atoms with E-state index in [1.807, 2.05) is 19.1 Å². The maximum Gasteiger partial charge on any atom is 0.300 e. The van der Waals surface area contributed by atoms with E-state index in [4.69, 9.17) is 9.47 Å². The quantitative estimate of drug-likeness (QED) is 0.317. The number of amides is 1. The minimum atomic E-state index is -0.943. The Morgan fingerprint density at radius 3 is 2.18 bits per heavy atom. The van der Waals surface area contributed by atoms with Crippen molar-refractivity contribution < 1.29 is 28.6 Å². The van der Waals surface area contributed by atoms with Crippen LogP contribution in [0.1, 0.15) is 29.7 Å². The average molecular weight is 461 g/mol. The Morgan fingerprint density at radius 2 is 1.59 bits per heavy atom. The number of carbonyl (C=O) groups is 2. The van der Waals surface area contributed by atoms with Crippen LogP contribution in [0.25, 0.3) is 5.76 Å². The van der Waals surface area contributed by atoms with Gasteiger partial charge in [0.1, 0.15) is 11.6 Å². The molecule has 1 saturated heterocycles. The van der Waals surface area contributed by atoms with E-state index in [0.717, 1.165) is 12.0 Å². The van der Waals surface area contributed by atoms with Crippen LogP contribution in [0.15, 0.2) is 72.3 Å². The molecule has 6 nitrogen and oxygen atoms in total. The van der Waals surface area contributed by atoms with Crippen LogP contribution in [0, 0.1) is 5.82 Å². The first-order valence-electron chi connectivity index (χ1n) is 10.8. The minimum Gasteiger partial charge on any atom is -0.507 e. The predicted octanol–water partition coefficient (Wildman–Crippen LogP) is 5.03. The highest BCUT2D eigenvalue weighted by atomic mass is 19.1. The second-order valence-corrected chi connectivity index (χ2v) is 7.81. The highest BCUT2D eigenvalue weighted by Gasteiger charge is 2.47. The van der Waals surface area contributed by atoms with Crippen LogP contribution in [-0.2, 0) is 16.0 Å². The third-order valence-electron chi connectivity index (χ3n) is 5.91. The number of rotatable bonds is 6. The normalized spacial score (nSPS) is 17.2. The zero-order valence-electron chi connectivity index (χ0n) is 19.0. The average Bonchev–Trinajstić information content (AvgIpc) is 3.13. The van der Waals surface area contributed by atoms with Crippen molar-refractivity contribution in [1.29, 1.82) is 0 Å². The number of methoxy groups -OCH3 is 2. The molecule has 34 heavy (non-hydrogen) atoms. The molecule has 1 aliphatic heterocycles. The van der Waals surface area contributed by atoms with Gasteiger partial charge in [-0.2, -0.15) is 0 Å². The van der Waals surface area contributed by atoms with Crippen molar-refractivity contribution in [1.82, 2.24) is 0 Å². The van der Waals surface area contributed by atoms with Gasteiger partial charge in [-0.3, -0.25) is 14.5 Å². The first kappa shape index (κ1) is 23.0. The van der Waals surface area contributed by atoms with E-state index < -0.39 is 23.5 Å². The highest BCUT2D eigenvalue weighted by Crippen LogP contribution is 2.43. The smallest absolute Gasteiger partial charge is 0.300 e. The summed E-state index contributed by atoms with van der Waals surface area (Å²) in [4.78, 5) is 27.7. The van der Waals surface area contributed by atoms with Crippen LogP contribution in [0.5, 0.6) is 11.5 Å². The van der Waals surface area contributed by atoms with Gasteiger partial charge in [-0.25, -0.2) is 4.39 Å². The van der Waals surface area contributed by atoms with Crippen LogP contribution in [0.3, 0.4) is 0 Å². The van der Waals surface area contributed by atoms with Gasteiger partial charge in [-0.1, -0.05) is 31.2 Å². The number of Topliss-reactive ketones (excluding diaryl/α,β-unsaturated/α-hetero) is 1. The largest absolute Gasteiger partial charge is 0.507 e. The molecule has 0 bridgehead atoms. The van der Waals surface area contributed by atoms with Gasteiger partial charge in [0.15, 0.2) is 11.5 Å². The van der Waals surface area contributed by atoms with Crippen molar-refractivity contribution in [3.63, 3.8) is 0 Å². The number of carbonyl (C=O) groups excluding carboxylic acids is 2. The zero-order valence-corrected chi connectivity index (χ0v) is 19.0. The summed E-state index contributed by atoms with van der Waals surface area (Å²) in [6, 6.07) is 16.5. The molecule has 3 aromatic carbocycles. The second kappa shape index (κ2) is 9.39. The Labute approximate surface area is 196 Å². The maximum atomic E-state index is 13.7. The number of ketones is 1. The molecular formula is C27H24FNO5. The first-order chi connectivity index (χ1) is 16.4. The van der Waals surface area contributed by atoms with Gasteiger partial charge in [0.25, 0.3) is 11.7 Å². The van der Waals surface area contributed by atoms with Crippen molar-refractivity contribution >= 4 is 23.1 Å². The van der Waals surface area contributed by atoms with Gasteiger partial charge in [-0.05, 0) is 60.0 Å². The lowest BCUT2D eigenvalue weighted by Gasteiger charge is -2.25. The number of aliphatic hydroxyl groups excluding tert-OH is 1. The number of benzene rings is 3. The monoisotopic (exact) mass is 461 g/mol. The molecule has 0 aromatic heterocycles. The van der Waals surface area contributed by atoms with Crippen molar-refractivity contribution in [3.05, 3.63) is 94.8 Å². The van der Waals surface area contributed by atoms with E-state index in [1.165, 1.54) is 49.5 Å². The van der Waals surface area contributed by atoms with Gasteiger partial charge < -0.3 is 14.6 Å². The standard InChI is InChI=1S/C27H24FNO5/c1-4-16-5-12-20(13-6-16)29-24(17-7-10-19(28)11-8-17)23(26(31)27(29)32)25(30)18-9-14-21(33-2)22(15-18)34-3/h5-15,24,30H,4H2,1-3H3/b25-23-. The molecule has 1 unspecified atom stereocenters. The summed E-state index contributed by atoms with van der Waals surface area (Å²) in [6.45, 7) is 2.02. The fourth-order valence-corrected chi connectivity index (χ4v) is 4.09. The molecule has 1 aliphatic rings. The Balaban J connectivity index is 1.91. The molecule has 1 fully saturated rings. The summed E-state index contributed by atoms with van der Waals surface area (Å²) in [6.07, 6.45) is 0.819. The third kappa shape index (κ3) is 4.01. The molecule has 1 atom stereocenters. The Kier molecular flexibility index (Phi) is 6.36. The Morgan fingerprint density at radius 1 is 0.941 bits per heavy atom. The maximum absolute atomic E-state index is 13.7. The fraction of sp³-hybridized carbons (Fsp3) is 0.185. The lowest BCUT2D eigenvalue weighted by atomic mass is 9.95. The molecule has 1 N–H and O–H groups in total. The van der Waals surface area contributed by atoms with Crippen molar-refractivity contribution in [3.8, 4) is 11.5 Å². The summed E-state index contributed by atoms with van der Waals surface area (Å²) in [5.74, 6) is -1.61. The third-order valence-corrected chi connectivity index (χ3v) is 5.91. The van der Waals surface area contributed by atoms with Crippen molar-refractivity contribution in [2.75, 3.05) is 19.1 Å². The number of halogens is 1. The number of aliphatic hydroxyl groups is 1. The van der Waals surface area contributed by atoms with Gasteiger partial charge in [-0.15, -0.1) is 0 Å². The van der Waals surface area contributed by atoms with E-state index in [1.54, 1.807) is 24.3 Å². The number of ether oxygens (including phenoxy) is 2. The Bertz CT molecular complexity index is 1270. The van der Waals surface area contributed by atoms with Gasteiger partial charge in [0.05, 0.1) is 25.8 Å². The molecule has 4 rings (SSSR count). The summed E-state index contributed by atoms with van der Waals surface area (Å²) in [5.41, 5.74) is 2.25. The van der Waals surface area contributed by atoms with Crippen LogP contribution >= 0.6 is 0 Å². The molecule has 1 amide bonds. The molecule has 174 valence electrons. The van der Waals surface area contributed by atoms with E-state index >= 15 is 0 Å². The molecule has 0 radical (unpaired) electrons. The van der Waals surface area contributed by atoms with Crippen LogP contribution in [-0.4, -0.2) is 31.0 Å². The summed E-state index contributed by atoms with van der Waals surface area (Å²) >= 11 is 0. The van der Waals surface area contributed by atoms with E-state index in [9.17, 15) is 19.1 Å². The van der Waals surface area contributed by atoms with Gasteiger partial charge >= 0.3 is 0 Å². The second-order valence-electron chi connectivity index (χ2n) is 7.81. The zero-order chi connectivity index (χ0) is 24.4. The summed E-state index contributed by atoms with van der Waals surface area (Å²) in [7, 11) is 2.94. The SMILES string of the molecule is CCc1ccc(N2C(=O)C(=O)/C(=C(\O)c3ccc(OC)c(OC)c3)C2c2ccc(F)cc2)cc1. The minimum absolute atomic E-state index is 0.0941. The van der Waals surface area contributed by atoms with Crippen molar-refractivity contribution in [2.24, 2.45) is 0 Å². The topological polar surface area (TPSA) is 76.1 Å². The fourth-order valence-electron chi connectivity index (χ4n) is 4.09. The van der Waals surface area contributed by atoms with Crippen molar-refractivity contribution in [2.45, 2.75) is 19.4 Å². The Hall–Kier alpha value is -4.13. The number of hydrogen-bond acceptors (Lipinski definition) is 5. The highest BCUT2D eigenvalue weighted by molar-refractivity contribution is 6.51. The van der Waals surface area contributed by atoms with Gasteiger partial charge in [0.2, 0.25) is 0 Å². The van der Waals surface area contributed by atoms with E-state index in [2.05, 4.69) is 0 Å². The molecule has 1 heterocycles. The van der Waals surface area contributed by atoms with E-state index in [-0.39, 0.29) is 16.9 Å². The van der Waals surface area contributed by atoms with Crippen LogP contribution < -0.4 is 14.4 Å². The number of aryl methyl sites for hydroxylation is 1. The number of nitrogens with zero attached hydrogens (tertiary/aromatic N) is 1. The molecule has 3 aromatic rings. The molecule has 7 heteroatoms.